The second kappa shape index (κ2) is 6.69. The van der Waals surface area contributed by atoms with Gasteiger partial charge in [-0.15, -0.1) is 0 Å². The van der Waals surface area contributed by atoms with E-state index in [0.717, 1.165) is 5.56 Å². The zero-order valence-electron chi connectivity index (χ0n) is 11.8. The van der Waals surface area contributed by atoms with Crippen molar-refractivity contribution < 1.29 is 18.7 Å². The van der Waals surface area contributed by atoms with Gasteiger partial charge in [-0.1, -0.05) is 18.2 Å². The summed E-state index contributed by atoms with van der Waals surface area (Å²) in [5.74, 6) is -0.353. The van der Waals surface area contributed by atoms with Gasteiger partial charge in [0, 0.05) is 5.56 Å². The molecule has 0 aliphatic heterocycles. The van der Waals surface area contributed by atoms with E-state index in [0.29, 0.717) is 11.6 Å². The Labute approximate surface area is 122 Å². The number of hydrogen-bond acceptors (Lipinski definition) is 5. The lowest BCUT2D eigenvalue weighted by molar-refractivity contribution is -0.144. The maximum absolute atomic E-state index is 11.8. The third-order valence-electron chi connectivity index (χ3n) is 2.85. The molecule has 0 unspecified atom stereocenters. The largest absolute Gasteiger partial charge is 0.467 e. The predicted octanol–water partition coefficient (Wildman–Crippen LogP) is 1.56. The maximum Gasteiger partial charge on any atom is 0.328 e. The van der Waals surface area contributed by atoms with Crippen molar-refractivity contribution in [2.24, 2.45) is 0 Å². The van der Waals surface area contributed by atoms with Crippen LogP contribution in [0.3, 0.4) is 0 Å². The van der Waals surface area contributed by atoms with Gasteiger partial charge in [-0.05, 0) is 19.1 Å². The van der Waals surface area contributed by atoms with Crippen molar-refractivity contribution in [2.75, 3.05) is 7.11 Å². The lowest BCUT2D eigenvalue weighted by Crippen LogP contribution is -2.39. The maximum atomic E-state index is 11.8. The number of aromatic nitrogens is 1. The van der Waals surface area contributed by atoms with Crippen LogP contribution in [0.5, 0.6) is 0 Å². The zero-order chi connectivity index (χ0) is 15.2. The summed E-state index contributed by atoms with van der Waals surface area (Å²) in [6, 6.07) is 8.70. The molecule has 1 aromatic carbocycles. The Balaban J connectivity index is 1.97. The monoisotopic (exact) mass is 288 g/mol. The van der Waals surface area contributed by atoms with E-state index in [4.69, 9.17) is 4.42 Å². The van der Waals surface area contributed by atoms with Gasteiger partial charge in [0.15, 0.2) is 0 Å². The molecule has 110 valence electrons. The fraction of sp³-hybridized carbons (Fsp3) is 0.267. The first kappa shape index (κ1) is 14.8. The minimum Gasteiger partial charge on any atom is -0.467 e. The van der Waals surface area contributed by atoms with Crippen molar-refractivity contribution in [1.82, 2.24) is 10.3 Å². The van der Waals surface area contributed by atoms with Crippen molar-refractivity contribution in [3.63, 3.8) is 0 Å². The summed E-state index contributed by atoms with van der Waals surface area (Å²) < 4.78 is 9.88. The van der Waals surface area contributed by atoms with Gasteiger partial charge in [0.05, 0.1) is 19.2 Å². The number of esters is 1. The lowest BCUT2D eigenvalue weighted by atomic mass is 10.2. The van der Waals surface area contributed by atoms with Crippen LogP contribution in [0.15, 0.2) is 41.0 Å². The molecule has 1 aromatic heterocycles. The van der Waals surface area contributed by atoms with Crippen LogP contribution < -0.4 is 5.32 Å². The Morgan fingerprint density at radius 2 is 2.05 bits per heavy atom. The summed E-state index contributed by atoms with van der Waals surface area (Å²) in [5, 5.41) is 2.53. The van der Waals surface area contributed by atoms with E-state index in [1.807, 2.05) is 30.3 Å². The number of carbonyl (C=O) groups excluding carboxylic acids is 2. The third-order valence-corrected chi connectivity index (χ3v) is 2.85. The second-order valence-corrected chi connectivity index (χ2v) is 4.50. The minimum absolute atomic E-state index is 0.0394. The molecule has 0 aliphatic rings. The molecule has 1 heterocycles. The Morgan fingerprint density at radius 1 is 1.33 bits per heavy atom. The highest BCUT2D eigenvalue weighted by Crippen LogP contribution is 2.17. The van der Waals surface area contributed by atoms with Crippen molar-refractivity contribution in [1.29, 1.82) is 0 Å². The average molecular weight is 288 g/mol. The fourth-order valence-corrected chi connectivity index (χ4v) is 1.79. The first-order valence-electron chi connectivity index (χ1n) is 6.47. The average Bonchev–Trinajstić information content (AvgIpc) is 2.95. The molecule has 2 aromatic rings. The van der Waals surface area contributed by atoms with Crippen LogP contribution in [0, 0.1) is 0 Å². The Kier molecular flexibility index (Phi) is 4.71. The molecule has 6 heteroatoms. The zero-order valence-corrected chi connectivity index (χ0v) is 11.8. The quantitative estimate of drug-likeness (QED) is 0.844. The molecule has 1 N–H and O–H groups in total. The summed E-state index contributed by atoms with van der Waals surface area (Å²) >= 11 is 0. The number of amides is 1. The molecular weight excluding hydrogens is 272 g/mol. The van der Waals surface area contributed by atoms with Gasteiger partial charge in [0.1, 0.15) is 12.3 Å². The SMILES string of the molecule is COC(=O)[C@H](C)NC(=O)Cc1coc(-c2ccccc2)n1. The van der Waals surface area contributed by atoms with Crippen molar-refractivity contribution >= 4 is 11.9 Å². The molecule has 1 atom stereocenters. The van der Waals surface area contributed by atoms with Gasteiger partial charge < -0.3 is 14.5 Å². The molecule has 0 bridgehead atoms. The van der Waals surface area contributed by atoms with E-state index in [9.17, 15) is 9.59 Å². The number of nitrogens with zero attached hydrogens (tertiary/aromatic N) is 1. The van der Waals surface area contributed by atoms with Gasteiger partial charge >= 0.3 is 5.97 Å². The number of carbonyl (C=O) groups is 2. The van der Waals surface area contributed by atoms with E-state index in [2.05, 4.69) is 15.0 Å². The smallest absolute Gasteiger partial charge is 0.328 e. The molecule has 0 radical (unpaired) electrons. The first-order chi connectivity index (χ1) is 10.1. The number of ether oxygens (including phenoxy) is 1. The van der Waals surface area contributed by atoms with Gasteiger partial charge in [0.2, 0.25) is 11.8 Å². The highest BCUT2D eigenvalue weighted by Gasteiger charge is 2.17. The Morgan fingerprint density at radius 3 is 2.71 bits per heavy atom. The van der Waals surface area contributed by atoms with Gasteiger partial charge in [-0.2, -0.15) is 0 Å². The number of nitrogens with one attached hydrogen (secondary N) is 1. The lowest BCUT2D eigenvalue weighted by Gasteiger charge is -2.10. The van der Waals surface area contributed by atoms with Gasteiger partial charge in [-0.25, -0.2) is 9.78 Å². The molecule has 0 fully saturated rings. The van der Waals surface area contributed by atoms with Crippen LogP contribution in [0.25, 0.3) is 11.5 Å². The van der Waals surface area contributed by atoms with Crippen LogP contribution in [-0.2, 0) is 20.7 Å². The number of hydrogen-bond donors (Lipinski definition) is 1. The standard InChI is InChI=1S/C15H16N2O4/c1-10(15(19)20-2)16-13(18)8-12-9-21-14(17-12)11-6-4-3-5-7-11/h3-7,9-10H,8H2,1-2H3,(H,16,18)/t10-/m0/s1. The normalized spacial score (nSPS) is 11.7. The Hall–Kier alpha value is -2.63. The van der Waals surface area contributed by atoms with Crippen LogP contribution in [0.2, 0.25) is 0 Å². The van der Waals surface area contributed by atoms with E-state index in [1.165, 1.54) is 13.4 Å². The molecular formula is C15H16N2O4. The molecule has 0 spiro atoms. The first-order valence-corrected chi connectivity index (χ1v) is 6.47. The summed E-state index contributed by atoms with van der Waals surface area (Å²) in [5.41, 5.74) is 1.34. The van der Waals surface area contributed by atoms with Crippen molar-refractivity contribution in [3.8, 4) is 11.5 Å². The molecule has 1 amide bonds. The number of benzene rings is 1. The minimum atomic E-state index is -0.692. The third kappa shape index (κ3) is 3.92. The topological polar surface area (TPSA) is 81.4 Å². The second-order valence-electron chi connectivity index (χ2n) is 4.50. The van der Waals surface area contributed by atoms with Crippen molar-refractivity contribution in [3.05, 3.63) is 42.3 Å². The summed E-state index contributed by atoms with van der Waals surface area (Å²) in [6.07, 6.45) is 1.47. The molecule has 2 rings (SSSR count). The van der Waals surface area contributed by atoms with Crippen LogP contribution >= 0.6 is 0 Å². The summed E-state index contributed by atoms with van der Waals surface area (Å²) in [7, 11) is 1.27. The van der Waals surface area contributed by atoms with Gasteiger partial charge in [-0.3, -0.25) is 4.79 Å². The predicted molar refractivity (Wildman–Crippen MR) is 75.3 cm³/mol. The number of methoxy groups -OCH3 is 1. The highest BCUT2D eigenvalue weighted by atomic mass is 16.5. The van der Waals surface area contributed by atoms with E-state index < -0.39 is 12.0 Å². The number of oxazole rings is 1. The molecule has 6 nitrogen and oxygen atoms in total. The summed E-state index contributed by atoms with van der Waals surface area (Å²) in [6.45, 7) is 1.56. The number of rotatable bonds is 5. The van der Waals surface area contributed by atoms with E-state index in [-0.39, 0.29) is 12.3 Å². The molecule has 0 aliphatic carbocycles. The molecule has 0 saturated carbocycles. The molecule has 0 saturated heterocycles. The fourth-order valence-electron chi connectivity index (χ4n) is 1.79. The van der Waals surface area contributed by atoms with Crippen LogP contribution in [0.1, 0.15) is 12.6 Å². The van der Waals surface area contributed by atoms with Gasteiger partial charge in [0.25, 0.3) is 0 Å². The van der Waals surface area contributed by atoms with Crippen LogP contribution in [0.4, 0.5) is 0 Å². The van der Waals surface area contributed by atoms with Crippen LogP contribution in [-0.4, -0.2) is 30.0 Å². The van der Waals surface area contributed by atoms with E-state index in [1.54, 1.807) is 6.92 Å². The highest BCUT2D eigenvalue weighted by molar-refractivity contribution is 5.85. The van der Waals surface area contributed by atoms with E-state index >= 15 is 0 Å². The Bertz CT molecular complexity index is 622. The summed E-state index contributed by atoms with van der Waals surface area (Å²) in [4.78, 5) is 27.3. The van der Waals surface area contributed by atoms with Crippen molar-refractivity contribution in [2.45, 2.75) is 19.4 Å². The molecule has 21 heavy (non-hydrogen) atoms.